The summed E-state index contributed by atoms with van der Waals surface area (Å²) < 4.78 is 5.64. The van der Waals surface area contributed by atoms with Crippen LogP contribution in [0.15, 0.2) is 54.9 Å². The SMILES string of the molecule is NC(=O)c1ncc(Oc2ccc3ccccc3c2)cn1. The predicted octanol–water partition coefficient (Wildman–Crippen LogP) is 2.52. The number of rotatable bonds is 3. The average Bonchev–Trinajstić information content (AvgIpc) is 2.48. The van der Waals surface area contributed by atoms with Crippen molar-refractivity contribution in [1.29, 1.82) is 0 Å². The van der Waals surface area contributed by atoms with Crippen molar-refractivity contribution in [3.05, 3.63) is 60.7 Å². The summed E-state index contributed by atoms with van der Waals surface area (Å²) in [6.07, 6.45) is 2.84. The van der Waals surface area contributed by atoms with Gasteiger partial charge in [-0.25, -0.2) is 9.97 Å². The van der Waals surface area contributed by atoms with Crippen molar-refractivity contribution in [1.82, 2.24) is 9.97 Å². The fourth-order valence-electron chi connectivity index (χ4n) is 1.86. The number of nitrogens with zero attached hydrogens (tertiary/aromatic N) is 2. The summed E-state index contributed by atoms with van der Waals surface area (Å²) in [4.78, 5) is 18.5. The van der Waals surface area contributed by atoms with Crippen LogP contribution in [0, 0.1) is 0 Å². The first-order chi connectivity index (χ1) is 9.72. The standard InChI is InChI=1S/C15H11N3O2/c16-14(19)15-17-8-13(9-18-15)20-12-6-5-10-3-1-2-4-11(10)7-12/h1-9H,(H2,16,19). The maximum Gasteiger partial charge on any atom is 0.286 e. The molecule has 1 heterocycles. The Bertz CT molecular complexity index is 769. The minimum atomic E-state index is -0.665. The number of carbonyl (C=O) groups is 1. The van der Waals surface area contributed by atoms with Crippen molar-refractivity contribution in [2.24, 2.45) is 5.73 Å². The summed E-state index contributed by atoms with van der Waals surface area (Å²) >= 11 is 0. The molecule has 0 aliphatic rings. The molecule has 20 heavy (non-hydrogen) atoms. The highest BCUT2D eigenvalue weighted by Crippen LogP contribution is 2.24. The molecule has 0 saturated carbocycles. The maximum atomic E-state index is 10.9. The van der Waals surface area contributed by atoms with E-state index in [0.717, 1.165) is 10.8 Å². The van der Waals surface area contributed by atoms with Crippen LogP contribution in [0.25, 0.3) is 10.8 Å². The number of nitrogens with two attached hydrogens (primary N) is 1. The number of fused-ring (bicyclic) bond motifs is 1. The van der Waals surface area contributed by atoms with Crippen molar-refractivity contribution >= 4 is 16.7 Å². The highest BCUT2D eigenvalue weighted by molar-refractivity contribution is 5.88. The van der Waals surface area contributed by atoms with Gasteiger partial charge in [0.1, 0.15) is 5.75 Å². The smallest absolute Gasteiger partial charge is 0.286 e. The molecule has 0 aliphatic carbocycles. The molecule has 0 radical (unpaired) electrons. The molecule has 2 aromatic carbocycles. The number of amides is 1. The molecule has 0 bridgehead atoms. The molecular weight excluding hydrogens is 254 g/mol. The second-order valence-electron chi connectivity index (χ2n) is 4.22. The van der Waals surface area contributed by atoms with Gasteiger partial charge < -0.3 is 10.5 Å². The van der Waals surface area contributed by atoms with Crippen molar-refractivity contribution in [2.75, 3.05) is 0 Å². The van der Waals surface area contributed by atoms with Crippen LogP contribution in [0.3, 0.4) is 0 Å². The molecule has 0 spiro atoms. The van der Waals surface area contributed by atoms with Crippen LogP contribution in [0.5, 0.6) is 11.5 Å². The lowest BCUT2D eigenvalue weighted by atomic mass is 10.1. The lowest BCUT2D eigenvalue weighted by molar-refractivity contribution is 0.0990. The predicted molar refractivity (Wildman–Crippen MR) is 74.6 cm³/mol. The van der Waals surface area contributed by atoms with Crippen molar-refractivity contribution < 1.29 is 9.53 Å². The first-order valence-corrected chi connectivity index (χ1v) is 6.01. The zero-order chi connectivity index (χ0) is 13.9. The molecule has 2 N–H and O–H groups in total. The van der Waals surface area contributed by atoms with Crippen molar-refractivity contribution in [3.8, 4) is 11.5 Å². The average molecular weight is 265 g/mol. The van der Waals surface area contributed by atoms with Crippen LogP contribution in [0.4, 0.5) is 0 Å². The summed E-state index contributed by atoms with van der Waals surface area (Å²) in [5, 5.41) is 2.22. The molecule has 0 saturated heterocycles. The molecule has 0 fully saturated rings. The van der Waals surface area contributed by atoms with Gasteiger partial charge in [-0.2, -0.15) is 0 Å². The van der Waals surface area contributed by atoms with E-state index < -0.39 is 5.91 Å². The van der Waals surface area contributed by atoms with Gasteiger partial charge in [-0.1, -0.05) is 30.3 Å². The maximum absolute atomic E-state index is 10.9. The summed E-state index contributed by atoms with van der Waals surface area (Å²) in [5.74, 6) is 0.433. The van der Waals surface area contributed by atoms with Crippen LogP contribution >= 0.6 is 0 Å². The van der Waals surface area contributed by atoms with Gasteiger partial charge in [-0.05, 0) is 22.9 Å². The molecule has 5 nitrogen and oxygen atoms in total. The molecule has 3 rings (SSSR count). The van der Waals surface area contributed by atoms with Crippen LogP contribution < -0.4 is 10.5 Å². The topological polar surface area (TPSA) is 78.1 Å². The Morgan fingerprint density at radius 3 is 2.35 bits per heavy atom. The minimum Gasteiger partial charge on any atom is -0.454 e. The third-order valence-electron chi connectivity index (χ3n) is 2.81. The Kier molecular flexibility index (Phi) is 3.01. The second kappa shape index (κ2) is 4.97. The van der Waals surface area contributed by atoms with Gasteiger partial charge in [-0.3, -0.25) is 4.79 Å². The largest absolute Gasteiger partial charge is 0.454 e. The summed E-state index contributed by atoms with van der Waals surface area (Å²) in [6, 6.07) is 13.8. The first-order valence-electron chi connectivity index (χ1n) is 6.01. The van der Waals surface area contributed by atoms with E-state index in [0.29, 0.717) is 11.5 Å². The van der Waals surface area contributed by atoms with E-state index in [1.54, 1.807) is 0 Å². The third-order valence-corrected chi connectivity index (χ3v) is 2.81. The molecule has 1 aromatic heterocycles. The van der Waals surface area contributed by atoms with E-state index in [-0.39, 0.29) is 5.82 Å². The van der Waals surface area contributed by atoms with E-state index >= 15 is 0 Å². The molecule has 0 atom stereocenters. The molecule has 98 valence electrons. The van der Waals surface area contributed by atoms with Gasteiger partial charge in [0.25, 0.3) is 5.91 Å². The molecule has 5 heteroatoms. The van der Waals surface area contributed by atoms with Crippen molar-refractivity contribution in [2.45, 2.75) is 0 Å². The Labute approximate surface area is 115 Å². The summed E-state index contributed by atoms with van der Waals surface area (Å²) in [7, 11) is 0. The van der Waals surface area contributed by atoms with Gasteiger partial charge in [0.05, 0.1) is 12.4 Å². The fourth-order valence-corrected chi connectivity index (χ4v) is 1.86. The molecular formula is C15H11N3O2. The molecule has 3 aromatic rings. The van der Waals surface area contributed by atoms with Crippen molar-refractivity contribution in [3.63, 3.8) is 0 Å². The third kappa shape index (κ3) is 2.42. The first kappa shape index (κ1) is 12.1. The number of hydrogen-bond donors (Lipinski definition) is 1. The number of ether oxygens (including phenoxy) is 1. The van der Waals surface area contributed by atoms with E-state index in [4.69, 9.17) is 10.5 Å². The quantitative estimate of drug-likeness (QED) is 0.789. The van der Waals surface area contributed by atoms with E-state index in [9.17, 15) is 4.79 Å². The Balaban J connectivity index is 1.87. The van der Waals surface area contributed by atoms with Crippen LogP contribution in [-0.4, -0.2) is 15.9 Å². The van der Waals surface area contributed by atoms with E-state index in [1.165, 1.54) is 12.4 Å². The zero-order valence-electron chi connectivity index (χ0n) is 10.5. The number of benzene rings is 2. The Hall–Kier alpha value is -2.95. The number of hydrogen-bond acceptors (Lipinski definition) is 4. The van der Waals surface area contributed by atoms with Gasteiger partial charge in [0, 0.05) is 0 Å². The minimum absolute atomic E-state index is 0.0316. The Morgan fingerprint density at radius 2 is 1.65 bits per heavy atom. The number of carbonyl (C=O) groups excluding carboxylic acids is 1. The number of primary amides is 1. The fraction of sp³-hybridized carbons (Fsp3) is 0. The molecule has 0 unspecified atom stereocenters. The van der Waals surface area contributed by atoms with Crippen LogP contribution in [-0.2, 0) is 0 Å². The summed E-state index contributed by atoms with van der Waals surface area (Å²) in [6.45, 7) is 0. The van der Waals surface area contributed by atoms with E-state index in [1.807, 2.05) is 42.5 Å². The highest BCUT2D eigenvalue weighted by atomic mass is 16.5. The molecule has 1 amide bonds. The van der Waals surface area contributed by atoms with Gasteiger partial charge in [0.2, 0.25) is 5.82 Å². The summed E-state index contributed by atoms with van der Waals surface area (Å²) in [5.41, 5.74) is 5.07. The lowest BCUT2D eigenvalue weighted by Crippen LogP contribution is -2.14. The zero-order valence-corrected chi connectivity index (χ0v) is 10.5. The van der Waals surface area contributed by atoms with Crippen LogP contribution in [0.1, 0.15) is 10.6 Å². The lowest BCUT2D eigenvalue weighted by Gasteiger charge is -2.06. The monoisotopic (exact) mass is 265 g/mol. The Morgan fingerprint density at radius 1 is 0.950 bits per heavy atom. The van der Waals surface area contributed by atoms with Crippen LogP contribution in [0.2, 0.25) is 0 Å². The van der Waals surface area contributed by atoms with E-state index in [2.05, 4.69) is 9.97 Å². The highest BCUT2D eigenvalue weighted by Gasteiger charge is 2.05. The normalized spacial score (nSPS) is 10.4. The molecule has 0 aliphatic heterocycles. The van der Waals surface area contributed by atoms with Gasteiger partial charge in [-0.15, -0.1) is 0 Å². The van der Waals surface area contributed by atoms with Gasteiger partial charge in [0.15, 0.2) is 5.75 Å². The van der Waals surface area contributed by atoms with Gasteiger partial charge >= 0.3 is 0 Å². The second-order valence-corrected chi connectivity index (χ2v) is 4.22. The number of aromatic nitrogens is 2.